The molecule has 0 bridgehead atoms. The number of alkyl halides is 1. The van der Waals surface area contributed by atoms with Gasteiger partial charge in [0, 0.05) is 46.2 Å². The molecule has 4 heterocycles. The number of aryl methyl sites for hydroxylation is 1. The lowest BCUT2D eigenvalue weighted by molar-refractivity contribution is -0.135. The molecule has 3 saturated heterocycles. The van der Waals surface area contributed by atoms with E-state index < -0.39 is 17.6 Å². The summed E-state index contributed by atoms with van der Waals surface area (Å²) in [6, 6.07) is 5.05. The summed E-state index contributed by atoms with van der Waals surface area (Å²) in [5, 5.41) is 5.58. The number of fused-ring (bicyclic) bond motifs is 1. The van der Waals surface area contributed by atoms with E-state index in [1.807, 2.05) is 18.2 Å². The van der Waals surface area contributed by atoms with E-state index in [1.165, 1.54) is 4.57 Å². The van der Waals surface area contributed by atoms with Gasteiger partial charge in [0.1, 0.15) is 11.7 Å². The third-order valence-electron chi connectivity index (χ3n) is 7.32. The van der Waals surface area contributed by atoms with Gasteiger partial charge in [0.05, 0.1) is 16.7 Å². The first-order valence-corrected chi connectivity index (χ1v) is 11.8. The molecule has 1 atom stereocenters. The number of carbonyl (C=O) groups excluding carboxylic acids is 2. The predicted molar refractivity (Wildman–Crippen MR) is 123 cm³/mol. The van der Waals surface area contributed by atoms with Gasteiger partial charge >= 0.3 is 5.69 Å². The summed E-state index contributed by atoms with van der Waals surface area (Å²) in [5.41, 5.74) is 1.03. The number of amides is 2. The Hall–Kier alpha value is -2.72. The highest BCUT2D eigenvalue weighted by molar-refractivity contribution is 6.00. The molecule has 9 nitrogen and oxygen atoms in total. The number of piperazine rings is 1. The molecule has 10 heteroatoms. The van der Waals surface area contributed by atoms with Crippen LogP contribution in [0.2, 0.25) is 0 Å². The average molecular weight is 459 g/mol. The second-order valence-electron chi connectivity index (χ2n) is 9.49. The van der Waals surface area contributed by atoms with Crippen LogP contribution in [0.5, 0.6) is 0 Å². The van der Waals surface area contributed by atoms with Crippen LogP contribution in [-0.2, 0) is 16.6 Å². The number of imide groups is 1. The Bertz CT molecular complexity index is 1130. The van der Waals surface area contributed by atoms with Crippen LogP contribution < -0.4 is 21.2 Å². The molecule has 0 aliphatic carbocycles. The number of rotatable bonds is 4. The number of nitrogens with zero attached hydrogens (tertiary/aromatic N) is 4. The molecule has 0 spiro atoms. The van der Waals surface area contributed by atoms with Crippen molar-refractivity contribution in [3.63, 3.8) is 0 Å². The summed E-state index contributed by atoms with van der Waals surface area (Å²) in [4.78, 5) is 41.6. The molecule has 0 radical (unpaired) electrons. The molecule has 1 aromatic heterocycles. The van der Waals surface area contributed by atoms with E-state index in [0.717, 1.165) is 50.5 Å². The summed E-state index contributed by atoms with van der Waals surface area (Å²) in [6.45, 7) is 4.94. The van der Waals surface area contributed by atoms with Crippen molar-refractivity contribution in [1.82, 2.24) is 24.7 Å². The summed E-state index contributed by atoms with van der Waals surface area (Å²) in [6.07, 6.45) is 1.64. The van der Waals surface area contributed by atoms with Crippen molar-refractivity contribution in [3.05, 3.63) is 28.7 Å². The maximum absolute atomic E-state index is 15.1. The van der Waals surface area contributed by atoms with Crippen molar-refractivity contribution in [2.45, 2.75) is 37.4 Å². The molecule has 3 aliphatic rings. The number of aromatic nitrogens is 2. The Kier molecular flexibility index (Phi) is 5.74. The smallest absolute Gasteiger partial charge is 0.329 e. The Balaban J connectivity index is 1.38. The maximum atomic E-state index is 15.1. The first-order chi connectivity index (χ1) is 15.9. The molecule has 33 heavy (non-hydrogen) atoms. The van der Waals surface area contributed by atoms with E-state index in [-0.39, 0.29) is 18.0 Å². The van der Waals surface area contributed by atoms with E-state index in [4.69, 9.17) is 0 Å². The van der Waals surface area contributed by atoms with Crippen LogP contribution in [0.1, 0.15) is 31.7 Å². The van der Waals surface area contributed by atoms with Gasteiger partial charge in [-0.15, -0.1) is 0 Å². The lowest BCUT2D eigenvalue weighted by Crippen LogP contribution is -2.53. The summed E-state index contributed by atoms with van der Waals surface area (Å²) in [7, 11) is 1.72. The first kappa shape index (κ1) is 22.1. The number of halogens is 1. The number of hydrogen-bond donors (Lipinski definition) is 2. The molecule has 5 rings (SSSR count). The standard InChI is InChI=1S/C23H31FN6O3/c1-27-20-16(29-13-11-28(12-14-29)15-23(24)7-9-25-10-8-23)3-2-4-17(20)30(22(27)33)18-5-6-19(31)26-21(18)32/h2-4,18,25H,5-15H2,1H3,(H,26,31,32). The SMILES string of the molecule is Cn1c(=O)n(C2CCC(=O)NC2=O)c2cccc(N3CCN(CC4(F)CCNCC4)CC3)c21. The van der Waals surface area contributed by atoms with Crippen LogP contribution in [0.25, 0.3) is 11.0 Å². The second kappa shape index (κ2) is 8.57. The summed E-state index contributed by atoms with van der Waals surface area (Å²) < 4.78 is 18.2. The van der Waals surface area contributed by atoms with Gasteiger partial charge in [0.2, 0.25) is 11.8 Å². The molecule has 3 aliphatic heterocycles. The van der Waals surface area contributed by atoms with E-state index in [9.17, 15) is 14.4 Å². The Morgan fingerprint density at radius 1 is 1.09 bits per heavy atom. The van der Waals surface area contributed by atoms with Gasteiger partial charge in [-0.3, -0.25) is 28.9 Å². The summed E-state index contributed by atoms with van der Waals surface area (Å²) in [5.74, 6) is -0.736. The van der Waals surface area contributed by atoms with Crippen LogP contribution in [0.3, 0.4) is 0 Å². The Morgan fingerprint density at radius 2 is 1.82 bits per heavy atom. The molecule has 3 fully saturated rings. The van der Waals surface area contributed by atoms with E-state index in [1.54, 1.807) is 11.6 Å². The minimum atomic E-state index is -1.11. The van der Waals surface area contributed by atoms with Crippen molar-refractivity contribution >= 4 is 28.5 Å². The molecule has 1 unspecified atom stereocenters. The number of benzene rings is 1. The normalized spacial score (nSPS) is 24.3. The Labute approximate surface area is 191 Å². The van der Waals surface area contributed by atoms with Crippen LogP contribution >= 0.6 is 0 Å². The number of nitrogens with one attached hydrogen (secondary N) is 2. The topological polar surface area (TPSA) is 91.6 Å². The fourth-order valence-corrected chi connectivity index (χ4v) is 5.48. The van der Waals surface area contributed by atoms with Gasteiger partial charge in [-0.25, -0.2) is 9.18 Å². The minimum absolute atomic E-state index is 0.215. The van der Waals surface area contributed by atoms with Crippen LogP contribution in [-0.4, -0.2) is 77.3 Å². The second-order valence-corrected chi connectivity index (χ2v) is 9.49. The highest BCUT2D eigenvalue weighted by Gasteiger charge is 2.35. The maximum Gasteiger partial charge on any atom is 0.329 e. The average Bonchev–Trinajstić information content (AvgIpc) is 3.05. The number of piperidine rings is 2. The Morgan fingerprint density at radius 3 is 2.52 bits per heavy atom. The molecular weight excluding hydrogens is 427 g/mol. The highest BCUT2D eigenvalue weighted by atomic mass is 19.1. The fourth-order valence-electron chi connectivity index (χ4n) is 5.48. The van der Waals surface area contributed by atoms with Gasteiger partial charge in [-0.05, 0) is 44.5 Å². The van der Waals surface area contributed by atoms with Crippen LogP contribution in [0, 0.1) is 0 Å². The lowest BCUT2D eigenvalue weighted by atomic mass is 9.93. The first-order valence-electron chi connectivity index (χ1n) is 11.8. The van der Waals surface area contributed by atoms with Gasteiger partial charge in [0.25, 0.3) is 0 Å². The molecular formula is C23H31FN6O3. The lowest BCUT2D eigenvalue weighted by Gasteiger charge is -2.40. The minimum Gasteiger partial charge on any atom is -0.367 e. The van der Waals surface area contributed by atoms with Crippen molar-refractivity contribution < 1.29 is 14.0 Å². The number of imidazole rings is 1. The highest BCUT2D eigenvalue weighted by Crippen LogP contribution is 2.31. The van der Waals surface area contributed by atoms with Crippen LogP contribution in [0.4, 0.5) is 10.1 Å². The number of anilines is 1. The van der Waals surface area contributed by atoms with Gasteiger partial charge < -0.3 is 10.2 Å². The third-order valence-corrected chi connectivity index (χ3v) is 7.32. The molecule has 178 valence electrons. The zero-order valence-electron chi connectivity index (χ0n) is 19.0. The van der Waals surface area contributed by atoms with E-state index in [2.05, 4.69) is 20.4 Å². The van der Waals surface area contributed by atoms with Gasteiger partial charge in [-0.2, -0.15) is 0 Å². The van der Waals surface area contributed by atoms with Crippen molar-refractivity contribution in [1.29, 1.82) is 0 Å². The van der Waals surface area contributed by atoms with Gasteiger partial charge in [-0.1, -0.05) is 6.07 Å². The molecule has 2 amide bonds. The number of para-hydroxylation sites is 1. The predicted octanol–water partition coefficient (Wildman–Crippen LogP) is 0.531. The van der Waals surface area contributed by atoms with Crippen LogP contribution in [0.15, 0.2) is 23.0 Å². The number of hydrogen-bond acceptors (Lipinski definition) is 6. The third kappa shape index (κ3) is 4.06. The van der Waals surface area contributed by atoms with E-state index >= 15 is 4.39 Å². The fraction of sp³-hybridized carbons (Fsp3) is 0.609. The zero-order valence-corrected chi connectivity index (χ0v) is 19.0. The molecule has 0 saturated carbocycles. The zero-order chi connectivity index (χ0) is 23.2. The summed E-state index contributed by atoms with van der Waals surface area (Å²) >= 11 is 0. The van der Waals surface area contributed by atoms with Crippen molar-refractivity contribution in [3.8, 4) is 0 Å². The van der Waals surface area contributed by atoms with Crippen molar-refractivity contribution in [2.75, 3.05) is 50.7 Å². The van der Waals surface area contributed by atoms with Crippen molar-refractivity contribution in [2.24, 2.45) is 7.05 Å². The molecule has 1 aromatic carbocycles. The molecule has 2 N–H and O–H groups in total. The molecule has 2 aromatic rings. The monoisotopic (exact) mass is 458 g/mol. The number of carbonyl (C=O) groups is 2. The van der Waals surface area contributed by atoms with E-state index in [0.29, 0.717) is 31.3 Å². The van der Waals surface area contributed by atoms with Gasteiger partial charge in [0.15, 0.2) is 0 Å². The quantitative estimate of drug-likeness (QED) is 0.650. The largest absolute Gasteiger partial charge is 0.367 e.